The number of phenols is 1. The molecule has 0 aliphatic carbocycles. The first kappa shape index (κ1) is 21.1. The topological polar surface area (TPSA) is 104 Å². The molecule has 2 atom stereocenters. The largest absolute Gasteiger partial charge is 0.508 e. The monoisotopic (exact) mass is 407 g/mol. The Hall–Kier alpha value is -3.58. The van der Waals surface area contributed by atoms with Crippen molar-refractivity contribution in [1.82, 2.24) is 10.6 Å². The number of para-hydroxylation sites is 1. The highest BCUT2D eigenvalue weighted by Gasteiger charge is 2.19. The zero-order valence-corrected chi connectivity index (χ0v) is 16.9. The standard InChI is InChI=1S/C23H25N3O4/c1-15(17-7-5-8-18(27)13-17)25-16(2)22(28)26-21-11-4-3-10-20(21)23(29)24-14-19-9-6-12-30-19/h3-13,15-16,25,27H,14H2,1-2H3,(H,24,29)(H,26,28). The molecule has 156 valence electrons. The Morgan fingerprint density at radius 2 is 1.83 bits per heavy atom. The van der Waals surface area contributed by atoms with E-state index in [9.17, 15) is 14.7 Å². The zero-order valence-electron chi connectivity index (χ0n) is 16.9. The molecule has 0 saturated heterocycles. The maximum Gasteiger partial charge on any atom is 0.253 e. The Kier molecular flexibility index (Phi) is 6.87. The number of carbonyl (C=O) groups is 2. The Morgan fingerprint density at radius 3 is 2.57 bits per heavy atom. The maximum atomic E-state index is 12.7. The molecule has 0 radical (unpaired) electrons. The number of hydrogen-bond donors (Lipinski definition) is 4. The molecule has 0 aliphatic rings. The third kappa shape index (κ3) is 5.48. The summed E-state index contributed by atoms with van der Waals surface area (Å²) in [5.41, 5.74) is 1.66. The molecule has 0 bridgehead atoms. The van der Waals surface area contributed by atoms with Gasteiger partial charge in [0.25, 0.3) is 5.91 Å². The van der Waals surface area contributed by atoms with Crippen LogP contribution in [0.25, 0.3) is 0 Å². The molecular formula is C23H25N3O4. The van der Waals surface area contributed by atoms with Crippen molar-refractivity contribution in [3.63, 3.8) is 0 Å². The molecule has 3 aromatic rings. The average Bonchev–Trinajstić information content (AvgIpc) is 3.26. The van der Waals surface area contributed by atoms with Gasteiger partial charge in [-0.1, -0.05) is 24.3 Å². The van der Waals surface area contributed by atoms with E-state index in [2.05, 4.69) is 16.0 Å². The minimum atomic E-state index is -0.526. The van der Waals surface area contributed by atoms with E-state index >= 15 is 0 Å². The first-order chi connectivity index (χ1) is 14.4. The van der Waals surface area contributed by atoms with Gasteiger partial charge >= 0.3 is 0 Å². The van der Waals surface area contributed by atoms with Gasteiger partial charge in [0.15, 0.2) is 0 Å². The van der Waals surface area contributed by atoms with E-state index in [1.807, 2.05) is 13.0 Å². The van der Waals surface area contributed by atoms with Crippen LogP contribution in [0, 0.1) is 0 Å². The van der Waals surface area contributed by atoms with Crippen LogP contribution in [0.15, 0.2) is 71.3 Å². The molecule has 0 fully saturated rings. The summed E-state index contributed by atoms with van der Waals surface area (Å²) in [4.78, 5) is 25.3. The predicted molar refractivity (Wildman–Crippen MR) is 114 cm³/mol. The number of furan rings is 1. The third-order valence-electron chi connectivity index (χ3n) is 4.70. The summed E-state index contributed by atoms with van der Waals surface area (Å²) in [6, 6.07) is 16.6. The van der Waals surface area contributed by atoms with Crippen molar-refractivity contribution < 1.29 is 19.1 Å². The molecule has 3 rings (SSSR count). The van der Waals surface area contributed by atoms with Crippen LogP contribution in [0.2, 0.25) is 0 Å². The number of anilines is 1. The van der Waals surface area contributed by atoms with Crippen molar-refractivity contribution in [2.75, 3.05) is 5.32 Å². The first-order valence-corrected chi connectivity index (χ1v) is 9.69. The van der Waals surface area contributed by atoms with E-state index in [1.165, 1.54) is 0 Å². The second kappa shape index (κ2) is 9.76. The molecule has 2 unspecified atom stereocenters. The van der Waals surface area contributed by atoms with Crippen LogP contribution in [0.1, 0.15) is 41.6 Å². The molecule has 7 heteroatoms. The van der Waals surface area contributed by atoms with Gasteiger partial charge in [-0.15, -0.1) is 0 Å². The number of benzene rings is 2. The van der Waals surface area contributed by atoms with E-state index in [4.69, 9.17) is 4.42 Å². The summed E-state index contributed by atoms with van der Waals surface area (Å²) in [5.74, 6) is 0.237. The molecule has 0 saturated carbocycles. The lowest BCUT2D eigenvalue weighted by Gasteiger charge is -2.21. The number of amides is 2. The SMILES string of the molecule is CC(NC(C)c1cccc(O)c1)C(=O)Nc1ccccc1C(=O)NCc1ccco1. The van der Waals surface area contributed by atoms with Crippen LogP contribution in [0.4, 0.5) is 5.69 Å². The summed E-state index contributed by atoms with van der Waals surface area (Å²) in [6.45, 7) is 3.91. The maximum absolute atomic E-state index is 12.7. The summed E-state index contributed by atoms with van der Waals surface area (Å²) < 4.78 is 5.22. The summed E-state index contributed by atoms with van der Waals surface area (Å²) in [5, 5.41) is 18.4. The van der Waals surface area contributed by atoms with Crippen molar-refractivity contribution in [3.05, 3.63) is 83.8 Å². The molecule has 30 heavy (non-hydrogen) atoms. The van der Waals surface area contributed by atoms with E-state index in [0.29, 0.717) is 17.0 Å². The quantitative estimate of drug-likeness (QED) is 0.457. The van der Waals surface area contributed by atoms with Crippen LogP contribution in [0.5, 0.6) is 5.75 Å². The number of nitrogens with one attached hydrogen (secondary N) is 3. The van der Waals surface area contributed by atoms with Gasteiger partial charge in [0.1, 0.15) is 11.5 Å². The van der Waals surface area contributed by atoms with Crippen molar-refractivity contribution in [2.45, 2.75) is 32.5 Å². The Bertz CT molecular complexity index is 1000. The van der Waals surface area contributed by atoms with Crippen LogP contribution in [0.3, 0.4) is 0 Å². The van der Waals surface area contributed by atoms with Crippen LogP contribution in [-0.4, -0.2) is 23.0 Å². The molecular weight excluding hydrogens is 382 g/mol. The second-order valence-electron chi connectivity index (χ2n) is 7.00. The number of rotatable bonds is 8. The van der Waals surface area contributed by atoms with E-state index in [1.54, 1.807) is 67.8 Å². The number of hydrogen-bond acceptors (Lipinski definition) is 5. The highest BCUT2D eigenvalue weighted by atomic mass is 16.3. The van der Waals surface area contributed by atoms with Crippen molar-refractivity contribution in [1.29, 1.82) is 0 Å². The van der Waals surface area contributed by atoms with Crippen LogP contribution < -0.4 is 16.0 Å². The summed E-state index contributed by atoms with van der Waals surface area (Å²) in [7, 11) is 0. The molecule has 7 nitrogen and oxygen atoms in total. The third-order valence-corrected chi connectivity index (χ3v) is 4.70. The highest BCUT2D eigenvalue weighted by molar-refractivity contribution is 6.04. The lowest BCUT2D eigenvalue weighted by molar-refractivity contribution is -0.117. The first-order valence-electron chi connectivity index (χ1n) is 9.69. The van der Waals surface area contributed by atoms with Gasteiger partial charge in [0.2, 0.25) is 5.91 Å². The Labute approximate surface area is 175 Å². The molecule has 0 aliphatic heterocycles. The van der Waals surface area contributed by atoms with Crippen LogP contribution >= 0.6 is 0 Å². The molecule has 2 aromatic carbocycles. The van der Waals surface area contributed by atoms with Gasteiger partial charge in [0, 0.05) is 6.04 Å². The van der Waals surface area contributed by atoms with Gasteiger partial charge in [0.05, 0.1) is 30.1 Å². The smallest absolute Gasteiger partial charge is 0.253 e. The minimum Gasteiger partial charge on any atom is -0.508 e. The normalized spacial score (nSPS) is 12.7. The fourth-order valence-electron chi connectivity index (χ4n) is 3.05. The number of aromatic hydroxyl groups is 1. The fraction of sp³-hybridized carbons (Fsp3) is 0.217. The molecule has 1 heterocycles. The van der Waals surface area contributed by atoms with Gasteiger partial charge in [-0.2, -0.15) is 0 Å². The zero-order chi connectivity index (χ0) is 21.5. The molecule has 1 aromatic heterocycles. The molecule has 4 N–H and O–H groups in total. The van der Waals surface area contributed by atoms with Gasteiger partial charge in [-0.3, -0.25) is 14.9 Å². The van der Waals surface area contributed by atoms with Crippen molar-refractivity contribution in [3.8, 4) is 5.75 Å². The van der Waals surface area contributed by atoms with E-state index in [-0.39, 0.29) is 30.2 Å². The fourth-order valence-corrected chi connectivity index (χ4v) is 3.05. The lowest BCUT2D eigenvalue weighted by atomic mass is 10.1. The molecule has 2 amide bonds. The average molecular weight is 407 g/mol. The van der Waals surface area contributed by atoms with Crippen LogP contribution in [-0.2, 0) is 11.3 Å². The number of phenolic OH excluding ortho intramolecular Hbond substituents is 1. The van der Waals surface area contributed by atoms with E-state index < -0.39 is 6.04 Å². The van der Waals surface area contributed by atoms with Gasteiger partial charge in [-0.05, 0) is 55.8 Å². The number of carbonyl (C=O) groups excluding carboxylic acids is 2. The van der Waals surface area contributed by atoms with Crippen molar-refractivity contribution >= 4 is 17.5 Å². The summed E-state index contributed by atoms with van der Waals surface area (Å²) >= 11 is 0. The Morgan fingerprint density at radius 1 is 1.03 bits per heavy atom. The summed E-state index contributed by atoms with van der Waals surface area (Å²) in [6.07, 6.45) is 1.54. The highest BCUT2D eigenvalue weighted by Crippen LogP contribution is 2.19. The predicted octanol–water partition coefficient (Wildman–Crippen LogP) is 3.59. The van der Waals surface area contributed by atoms with Crippen molar-refractivity contribution in [2.24, 2.45) is 0 Å². The molecule has 0 spiro atoms. The second-order valence-corrected chi connectivity index (χ2v) is 7.00. The van der Waals surface area contributed by atoms with Gasteiger partial charge < -0.3 is 20.2 Å². The Balaban J connectivity index is 1.62. The minimum absolute atomic E-state index is 0.148. The van der Waals surface area contributed by atoms with Gasteiger partial charge in [-0.25, -0.2) is 0 Å². The van der Waals surface area contributed by atoms with E-state index in [0.717, 1.165) is 5.56 Å². The lowest BCUT2D eigenvalue weighted by Crippen LogP contribution is -2.39.